The van der Waals surface area contributed by atoms with Crippen molar-refractivity contribution in [2.45, 2.75) is 52.0 Å². The van der Waals surface area contributed by atoms with Gasteiger partial charge in [0.2, 0.25) is 0 Å². The van der Waals surface area contributed by atoms with Crippen molar-refractivity contribution in [1.82, 2.24) is 19.8 Å². The molecule has 2 unspecified atom stereocenters. The Labute approximate surface area is 163 Å². The Hall–Kier alpha value is -0.790. The lowest BCUT2D eigenvalue weighted by molar-refractivity contribution is 0.187. The highest BCUT2D eigenvalue weighted by Gasteiger charge is 2.31. The van der Waals surface area contributed by atoms with E-state index >= 15 is 0 Å². The van der Waals surface area contributed by atoms with Gasteiger partial charge in [0.1, 0.15) is 0 Å². The van der Waals surface area contributed by atoms with Crippen LogP contribution < -0.4 is 5.32 Å². The third-order valence-corrected chi connectivity index (χ3v) is 5.82. The van der Waals surface area contributed by atoms with Crippen LogP contribution in [0.5, 0.6) is 0 Å². The molecule has 0 aromatic carbocycles. The minimum Gasteiger partial charge on any atom is -0.356 e. The Balaban J connectivity index is 0.00000208. The minimum absolute atomic E-state index is 0. The van der Waals surface area contributed by atoms with Crippen molar-refractivity contribution in [1.29, 1.82) is 0 Å². The number of nitrogens with zero attached hydrogens (tertiary/aromatic N) is 4. The fraction of sp³-hybridized carbons (Fsp3) is 0.778. The number of halogens is 1. The van der Waals surface area contributed by atoms with Gasteiger partial charge >= 0.3 is 0 Å². The molecule has 3 rings (SSSR count). The van der Waals surface area contributed by atoms with Crippen molar-refractivity contribution in [3.8, 4) is 0 Å². The number of likely N-dealkylation sites (tertiary alicyclic amines) is 1. The molecule has 1 saturated carbocycles. The van der Waals surface area contributed by atoms with Crippen LogP contribution in [-0.2, 0) is 0 Å². The average molecular weight is 445 g/mol. The second kappa shape index (κ2) is 8.54. The van der Waals surface area contributed by atoms with Gasteiger partial charge in [-0.15, -0.1) is 24.0 Å². The van der Waals surface area contributed by atoms with Gasteiger partial charge in [-0.2, -0.15) is 0 Å². The molecule has 1 aliphatic carbocycles. The normalized spacial score (nSPS) is 27.0. The summed E-state index contributed by atoms with van der Waals surface area (Å²) in [4.78, 5) is 11.2. The summed E-state index contributed by atoms with van der Waals surface area (Å²) in [7, 11) is 1.91. The van der Waals surface area contributed by atoms with E-state index in [0.717, 1.165) is 25.6 Å². The lowest BCUT2D eigenvalue weighted by atomic mass is 9.89. The van der Waals surface area contributed by atoms with Crippen molar-refractivity contribution in [3.63, 3.8) is 0 Å². The summed E-state index contributed by atoms with van der Waals surface area (Å²) in [6.07, 6.45) is 12.5. The van der Waals surface area contributed by atoms with E-state index in [9.17, 15) is 0 Å². The molecule has 2 atom stereocenters. The Morgan fingerprint density at radius 2 is 2.12 bits per heavy atom. The molecule has 2 aliphatic rings. The number of rotatable bonds is 3. The summed E-state index contributed by atoms with van der Waals surface area (Å²) in [6, 6.07) is 0.479. The van der Waals surface area contributed by atoms with Crippen LogP contribution in [0.4, 0.5) is 0 Å². The van der Waals surface area contributed by atoms with Gasteiger partial charge in [0.25, 0.3) is 0 Å². The fourth-order valence-corrected chi connectivity index (χ4v) is 4.13. The predicted octanol–water partition coefficient (Wildman–Crippen LogP) is 3.54. The van der Waals surface area contributed by atoms with E-state index in [1.54, 1.807) is 0 Å². The molecule has 6 heteroatoms. The molecule has 5 nitrogen and oxygen atoms in total. The van der Waals surface area contributed by atoms with Gasteiger partial charge in [-0.3, -0.25) is 4.99 Å². The van der Waals surface area contributed by atoms with Crippen molar-refractivity contribution in [2.75, 3.05) is 26.7 Å². The molecule has 1 N–H and O–H groups in total. The maximum absolute atomic E-state index is 4.55. The monoisotopic (exact) mass is 445 g/mol. The number of piperidine rings is 1. The van der Waals surface area contributed by atoms with Crippen LogP contribution in [-0.4, -0.2) is 47.1 Å². The smallest absolute Gasteiger partial charge is 0.193 e. The molecule has 24 heavy (non-hydrogen) atoms. The first kappa shape index (κ1) is 19.5. The van der Waals surface area contributed by atoms with E-state index in [0.29, 0.717) is 17.4 Å². The molecule has 1 aliphatic heterocycles. The molecule has 0 amide bonds. The summed E-state index contributed by atoms with van der Waals surface area (Å²) in [6.45, 7) is 7.89. The van der Waals surface area contributed by atoms with Gasteiger partial charge in [0, 0.05) is 39.1 Å². The van der Waals surface area contributed by atoms with Gasteiger partial charge in [-0.1, -0.05) is 26.7 Å². The largest absolute Gasteiger partial charge is 0.356 e. The Bertz CT molecular complexity index is 522. The van der Waals surface area contributed by atoms with Crippen molar-refractivity contribution in [2.24, 2.45) is 16.3 Å². The summed E-state index contributed by atoms with van der Waals surface area (Å²) < 4.78 is 2.25. The minimum atomic E-state index is 0. The third-order valence-electron chi connectivity index (χ3n) is 5.82. The first-order valence-electron chi connectivity index (χ1n) is 9.04. The number of imidazole rings is 1. The number of aliphatic imine (C=N–C) groups is 1. The van der Waals surface area contributed by atoms with E-state index in [2.05, 4.69) is 44.8 Å². The second-order valence-corrected chi connectivity index (χ2v) is 7.71. The molecule has 0 spiro atoms. The molecule has 1 saturated heterocycles. The highest BCUT2D eigenvalue weighted by molar-refractivity contribution is 14.0. The van der Waals surface area contributed by atoms with Crippen LogP contribution in [0.3, 0.4) is 0 Å². The fourth-order valence-electron chi connectivity index (χ4n) is 4.13. The highest BCUT2D eigenvalue weighted by atomic mass is 127. The van der Waals surface area contributed by atoms with E-state index in [1.807, 2.05) is 19.6 Å². The number of nitrogens with one attached hydrogen (secondary N) is 1. The van der Waals surface area contributed by atoms with Crippen LogP contribution in [0.15, 0.2) is 23.7 Å². The zero-order valence-electron chi connectivity index (χ0n) is 15.2. The maximum Gasteiger partial charge on any atom is 0.193 e. The molecule has 2 fully saturated rings. The molecule has 1 aromatic rings. The average Bonchev–Trinajstić information content (AvgIpc) is 3.21. The summed E-state index contributed by atoms with van der Waals surface area (Å²) in [5.41, 5.74) is 0.447. The predicted molar refractivity (Wildman–Crippen MR) is 110 cm³/mol. The van der Waals surface area contributed by atoms with Crippen LogP contribution >= 0.6 is 24.0 Å². The topological polar surface area (TPSA) is 45.5 Å². The van der Waals surface area contributed by atoms with Crippen LogP contribution in [0.25, 0.3) is 0 Å². The van der Waals surface area contributed by atoms with Crippen LogP contribution in [0.1, 0.15) is 52.0 Å². The lowest BCUT2D eigenvalue weighted by Crippen LogP contribution is -2.50. The van der Waals surface area contributed by atoms with Gasteiger partial charge in [0.05, 0.1) is 12.4 Å². The van der Waals surface area contributed by atoms with Crippen molar-refractivity contribution >= 4 is 29.9 Å². The first-order chi connectivity index (χ1) is 11.1. The molecule has 2 heterocycles. The summed E-state index contributed by atoms with van der Waals surface area (Å²) in [5.74, 6) is 1.74. The van der Waals surface area contributed by atoms with E-state index < -0.39 is 0 Å². The number of aromatic nitrogens is 2. The maximum atomic E-state index is 4.55. The van der Waals surface area contributed by atoms with Gasteiger partial charge < -0.3 is 14.8 Å². The van der Waals surface area contributed by atoms with Gasteiger partial charge in [-0.25, -0.2) is 4.98 Å². The van der Waals surface area contributed by atoms with E-state index in [4.69, 9.17) is 0 Å². The Morgan fingerprint density at radius 3 is 2.75 bits per heavy atom. The second-order valence-electron chi connectivity index (χ2n) is 7.71. The van der Waals surface area contributed by atoms with E-state index in [1.165, 1.54) is 32.1 Å². The highest BCUT2D eigenvalue weighted by Crippen LogP contribution is 2.36. The number of hydrogen-bond donors (Lipinski definition) is 1. The van der Waals surface area contributed by atoms with Crippen molar-refractivity contribution < 1.29 is 0 Å². The number of guanidine groups is 1. The quantitative estimate of drug-likeness (QED) is 0.440. The lowest BCUT2D eigenvalue weighted by Gasteiger charge is -2.40. The Morgan fingerprint density at radius 1 is 1.38 bits per heavy atom. The van der Waals surface area contributed by atoms with E-state index in [-0.39, 0.29) is 24.0 Å². The summed E-state index contributed by atoms with van der Waals surface area (Å²) in [5, 5.41) is 3.65. The van der Waals surface area contributed by atoms with Gasteiger partial charge in [0.15, 0.2) is 5.96 Å². The Kier molecular flexibility index (Phi) is 6.95. The SMILES string of the molecule is CN=C(NCC1(C)CCCC1)N1CCC(C)C(n2ccnc2)C1.I. The molecule has 0 bridgehead atoms. The third kappa shape index (κ3) is 4.43. The summed E-state index contributed by atoms with van der Waals surface area (Å²) >= 11 is 0. The van der Waals surface area contributed by atoms with Crippen LogP contribution in [0, 0.1) is 11.3 Å². The zero-order chi connectivity index (χ0) is 16.3. The molecular formula is C18H32IN5. The van der Waals surface area contributed by atoms with Gasteiger partial charge in [-0.05, 0) is 30.6 Å². The molecular weight excluding hydrogens is 413 g/mol. The molecule has 0 radical (unpaired) electrons. The van der Waals surface area contributed by atoms with Crippen molar-refractivity contribution in [3.05, 3.63) is 18.7 Å². The molecule has 1 aromatic heterocycles. The first-order valence-corrected chi connectivity index (χ1v) is 9.04. The zero-order valence-corrected chi connectivity index (χ0v) is 17.6. The number of hydrogen-bond acceptors (Lipinski definition) is 2. The van der Waals surface area contributed by atoms with Crippen LogP contribution in [0.2, 0.25) is 0 Å². The standard InChI is InChI=1S/C18H31N5.HI/c1-15-6-10-22(12-16(15)23-11-9-20-14-23)17(19-3)21-13-18(2)7-4-5-8-18;/h9,11,14-16H,4-8,10,12-13H2,1-3H3,(H,19,21);1H. The molecule has 136 valence electrons.